The second-order valence-electron chi connectivity index (χ2n) is 2.96. The van der Waals surface area contributed by atoms with E-state index in [1.54, 1.807) is 0 Å². The maximum atomic E-state index is 9.11. The molecule has 0 saturated heterocycles. The molecule has 0 aliphatic rings. The van der Waals surface area contributed by atoms with Crippen molar-refractivity contribution < 1.29 is 19.7 Å². The average molecular weight is 192 g/mol. The zero-order valence-electron chi connectivity index (χ0n) is 8.40. The Morgan fingerprint density at radius 2 is 1.92 bits per heavy atom. The second-order valence-corrected chi connectivity index (χ2v) is 2.96. The van der Waals surface area contributed by atoms with Gasteiger partial charge in [-0.3, -0.25) is 0 Å². The first kappa shape index (κ1) is 12.8. The van der Waals surface area contributed by atoms with E-state index in [0.29, 0.717) is 12.8 Å². The van der Waals surface area contributed by atoms with Gasteiger partial charge in [-0.1, -0.05) is 20.3 Å². The van der Waals surface area contributed by atoms with Gasteiger partial charge in [0.05, 0.1) is 12.7 Å². The molecule has 2 atom stereocenters. The Kier molecular flexibility index (Phi) is 8.33. The van der Waals surface area contributed by atoms with Crippen LogP contribution in [-0.2, 0) is 9.47 Å². The van der Waals surface area contributed by atoms with E-state index in [1.807, 2.05) is 13.8 Å². The van der Waals surface area contributed by atoms with E-state index in [2.05, 4.69) is 0 Å². The molecule has 4 nitrogen and oxygen atoms in total. The molecule has 0 spiro atoms. The number of rotatable bonds is 8. The van der Waals surface area contributed by atoms with E-state index < -0.39 is 12.4 Å². The molecule has 0 aromatic rings. The van der Waals surface area contributed by atoms with Crippen LogP contribution in [0.1, 0.15) is 33.1 Å². The number of aliphatic hydroxyl groups excluding tert-OH is 2. The van der Waals surface area contributed by atoms with Crippen LogP contribution in [0.3, 0.4) is 0 Å². The van der Waals surface area contributed by atoms with Gasteiger partial charge in [0.2, 0.25) is 0 Å². The maximum Gasteiger partial charge on any atom is 0.157 e. The largest absolute Gasteiger partial charge is 0.391 e. The lowest BCUT2D eigenvalue weighted by atomic mass is 10.3. The number of hydrogen-bond donors (Lipinski definition) is 2. The summed E-state index contributed by atoms with van der Waals surface area (Å²) >= 11 is 0. The topological polar surface area (TPSA) is 58.9 Å². The van der Waals surface area contributed by atoms with Gasteiger partial charge in [0, 0.05) is 0 Å². The van der Waals surface area contributed by atoms with Gasteiger partial charge < -0.3 is 19.7 Å². The SMILES string of the molecule is CCCC(O)OCOCC(O)CC. The Balaban J connectivity index is 3.15. The monoisotopic (exact) mass is 192 g/mol. The van der Waals surface area contributed by atoms with E-state index in [4.69, 9.17) is 19.7 Å². The van der Waals surface area contributed by atoms with Crippen molar-refractivity contribution in [3.63, 3.8) is 0 Å². The lowest BCUT2D eigenvalue weighted by molar-refractivity contribution is -0.178. The smallest absolute Gasteiger partial charge is 0.157 e. The van der Waals surface area contributed by atoms with Gasteiger partial charge >= 0.3 is 0 Å². The standard InChI is InChI=1S/C9H20O4/c1-3-5-9(11)13-7-12-6-8(10)4-2/h8-11H,3-7H2,1-2H3. The van der Waals surface area contributed by atoms with E-state index in [-0.39, 0.29) is 13.4 Å². The lowest BCUT2D eigenvalue weighted by Gasteiger charge is -2.12. The number of hydrogen-bond acceptors (Lipinski definition) is 4. The summed E-state index contributed by atoms with van der Waals surface area (Å²) in [5.74, 6) is 0. The third-order valence-corrected chi connectivity index (χ3v) is 1.66. The summed E-state index contributed by atoms with van der Waals surface area (Å²) in [5.41, 5.74) is 0. The predicted octanol–water partition coefficient (Wildman–Crippen LogP) is 0.867. The minimum Gasteiger partial charge on any atom is -0.391 e. The van der Waals surface area contributed by atoms with Crippen molar-refractivity contribution in [3.05, 3.63) is 0 Å². The third-order valence-electron chi connectivity index (χ3n) is 1.66. The quantitative estimate of drug-likeness (QED) is 0.442. The maximum absolute atomic E-state index is 9.11. The van der Waals surface area contributed by atoms with Crippen LogP contribution in [0.15, 0.2) is 0 Å². The van der Waals surface area contributed by atoms with Gasteiger partial charge in [0.25, 0.3) is 0 Å². The van der Waals surface area contributed by atoms with Crippen LogP contribution < -0.4 is 0 Å². The normalized spacial score (nSPS) is 15.7. The van der Waals surface area contributed by atoms with Crippen LogP contribution in [0.25, 0.3) is 0 Å². The molecule has 0 rings (SSSR count). The van der Waals surface area contributed by atoms with E-state index in [0.717, 1.165) is 6.42 Å². The Labute approximate surface area is 79.5 Å². The Hall–Kier alpha value is -0.160. The molecule has 80 valence electrons. The van der Waals surface area contributed by atoms with Crippen LogP contribution in [0.5, 0.6) is 0 Å². The summed E-state index contributed by atoms with van der Waals surface area (Å²) in [4.78, 5) is 0. The first-order valence-corrected chi connectivity index (χ1v) is 4.76. The van der Waals surface area contributed by atoms with Crippen LogP contribution >= 0.6 is 0 Å². The molecule has 0 aromatic carbocycles. The molecule has 0 heterocycles. The fraction of sp³-hybridized carbons (Fsp3) is 1.00. The minimum atomic E-state index is -0.747. The van der Waals surface area contributed by atoms with Crippen LogP contribution in [0, 0.1) is 0 Å². The molecule has 0 saturated carbocycles. The van der Waals surface area contributed by atoms with Crippen molar-refractivity contribution in [2.75, 3.05) is 13.4 Å². The minimum absolute atomic E-state index is 0.0399. The number of ether oxygens (including phenoxy) is 2. The summed E-state index contributed by atoms with van der Waals surface area (Å²) in [6, 6.07) is 0. The van der Waals surface area contributed by atoms with E-state index >= 15 is 0 Å². The molecule has 0 fully saturated rings. The highest BCUT2D eigenvalue weighted by molar-refractivity contribution is 4.47. The molecule has 2 unspecified atom stereocenters. The fourth-order valence-electron chi connectivity index (χ4n) is 0.759. The second kappa shape index (κ2) is 8.44. The Morgan fingerprint density at radius 1 is 1.23 bits per heavy atom. The Bertz CT molecular complexity index is 108. The first-order valence-electron chi connectivity index (χ1n) is 4.76. The molecule has 2 N–H and O–H groups in total. The van der Waals surface area contributed by atoms with Gasteiger partial charge in [-0.25, -0.2) is 0 Å². The molecule has 0 aliphatic carbocycles. The molecule has 13 heavy (non-hydrogen) atoms. The molecule has 0 aromatic heterocycles. The summed E-state index contributed by atoms with van der Waals surface area (Å²) < 4.78 is 9.87. The summed E-state index contributed by atoms with van der Waals surface area (Å²) in [6.07, 6.45) is 0.964. The van der Waals surface area contributed by atoms with Crippen molar-refractivity contribution >= 4 is 0 Å². The fourth-order valence-corrected chi connectivity index (χ4v) is 0.759. The highest BCUT2D eigenvalue weighted by atomic mass is 16.7. The van der Waals surface area contributed by atoms with E-state index in [9.17, 15) is 0 Å². The summed E-state index contributed by atoms with van der Waals surface area (Å²) in [6.45, 7) is 4.14. The Morgan fingerprint density at radius 3 is 2.46 bits per heavy atom. The van der Waals surface area contributed by atoms with Crippen molar-refractivity contribution in [1.29, 1.82) is 0 Å². The molecule has 0 aliphatic heterocycles. The van der Waals surface area contributed by atoms with Gasteiger partial charge in [-0.15, -0.1) is 0 Å². The molecular formula is C9H20O4. The van der Waals surface area contributed by atoms with Crippen molar-refractivity contribution in [1.82, 2.24) is 0 Å². The van der Waals surface area contributed by atoms with Crippen molar-refractivity contribution in [2.45, 2.75) is 45.5 Å². The van der Waals surface area contributed by atoms with Crippen molar-refractivity contribution in [3.8, 4) is 0 Å². The van der Waals surface area contributed by atoms with Gasteiger partial charge in [-0.2, -0.15) is 0 Å². The third kappa shape index (κ3) is 8.18. The van der Waals surface area contributed by atoms with Crippen LogP contribution in [0.2, 0.25) is 0 Å². The number of aliphatic hydroxyl groups is 2. The highest BCUT2D eigenvalue weighted by Crippen LogP contribution is 1.98. The average Bonchev–Trinajstić information content (AvgIpc) is 2.12. The lowest BCUT2D eigenvalue weighted by Crippen LogP contribution is -2.18. The van der Waals surface area contributed by atoms with Crippen molar-refractivity contribution in [2.24, 2.45) is 0 Å². The van der Waals surface area contributed by atoms with Gasteiger partial charge in [-0.05, 0) is 12.8 Å². The van der Waals surface area contributed by atoms with Crippen LogP contribution in [0.4, 0.5) is 0 Å². The summed E-state index contributed by atoms with van der Waals surface area (Å²) in [5, 5.41) is 18.2. The zero-order valence-corrected chi connectivity index (χ0v) is 8.40. The molecule has 0 radical (unpaired) electrons. The first-order chi connectivity index (χ1) is 6.20. The van der Waals surface area contributed by atoms with Gasteiger partial charge in [0.1, 0.15) is 6.79 Å². The van der Waals surface area contributed by atoms with Crippen LogP contribution in [-0.4, -0.2) is 36.0 Å². The predicted molar refractivity (Wildman–Crippen MR) is 49.1 cm³/mol. The molecule has 0 amide bonds. The summed E-state index contributed by atoms with van der Waals surface area (Å²) in [7, 11) is 0. The highest BCUT2D eigenvalue weighted by Gasteiger charge is 2.03. The molecular weight excluding hydrogens is 172 g/mol. The van der Waals surface area contributed by atoms with E-state index in [1.165, 1.54) is 0 Å². The van der Waals surface area contributed by atoms with Gasteiger partial charge in [0.15, 0.2) is 6.29 Å². The zero-order chi connectivity index (χ0) is 10.1. The molecule has 0 bridgehead atoms. The molecule has 4 heteroatoms.